The highest BCUT2D eigenvalue weighted by Gasteiger charge is 2.67. The van der Waals surface area contributed by atoms with Gasteiger partial charge in [0.2, 0.25) is 5.60 Å². The molecule has 1 amide bonds. The molecule has 180 valence electrons. The van der Waals surface area contributed by atoms with Gasteiger partial charge in [-0.25, -0.2) is 4.79 Å². The summed E-state index contributed by atoms with van der Waals surface area (Å²) in [6, 6.07) is 16.2. The Morgan fingerprint density at radius 3 is 2.44 bits per heavy atom. The molecule has 36 heavy (non-hydrogen) atoms. The number of amides is 1. The van der Waals surface area contributed by atoms with E-state index >= 15 is 0 Å². The van der Waals surface area contributed by atoms with E-state index in [1.165, 1.54) is 7.11 Å². The Morgan fingerprint density at radius 2 is 1.72 bits per heavy atom. The number of hydrogen-bond donors (Lipinski definition) is 1. The van der Waals surface area contributed by atoms with Gasteiger partial charge in [-0.05, 0) is 24.6 Å². The van der Waals surface area contributed by atoms with E-state index in [1.807, 2.05) is 43.3 Å². The number of fused-ring (bicyclic) bond motifs is 13. The summed E-state index contributed by atoms with van der Waals surface area (Å²) < 4.78 is 22.6. The Bertz CT molecular complexity index is 1850. The topological polar surface area (TPSA) is 83.7 Å². The highest BCUT2D eigenvalue weighted by Crippen LogP contribution is 2.58. The quantitative estimate of drug-likeness (QED) is 0.380. The summed E-state index contributed by atoms with van der Waals surface area (Å²) in [4.78, 5) is 26.8. The highest BCUT2D eigenvalue weighted by molar-refractivity contribution is 6.31. The highest BCUT2D eigenvalue weighted by atomic mass is 16.6. The van der Waals surface area contributed by atoms with E-state index < -0.39 is 23.5 Å². The van der Waals surface area contributed by atoms with Gasteiger partial charge >= 0.3 is 5.97 Å². The predicted octanol–water partition coefficient (Wildman–Crippen LogP) is 4.31. The fourth-order valence-corrected chi connectivity index (χ4v) is 7.23. The van der Waals surface area contributed by atoms with E-state index in [1.54, 1.807) is 7.11 Å². The van der Waals surface area contributed by atoms with Gasteiger partial charge in [0.15, 0.2) is 5.72 Å². The largest absolute Gasteiger partial charge is 0.467 e. The van der Waals surface area contributed by atoms with E-state index in [0.717, 1.165) is 54.7 Å². The van der Waals surface area contributed by atoms with Crippen LogP contribution in [0.4, 0.5) is 0 Å². The second kappa shape index (κ2) is 6.27. The maximum Gasteiger partial charge on any atom is 0.343 e. The second-order valence-electron chi connectivity index (χ2n) is 10.0. The fraction of sp³-hybridized carbons (Fsp3) is 0.286. The summed E-state index contributed by atoms with van der Waals surface area (Å²) in [6.45, 7) is 2.36. The summed E-state index contributed by atoms with van der Waals surface area (Å²) >= 11 is 0. The van der Waals surface area contributed by atoms with Crippen LogP contribution in [0.1, 0.15) is 35.5 Å². The number of ether oxygens (including phenoxy) is 3. The Labute approximate surface area is 205 Å². The summed E-state index contributed by atoms with van der Waals surface area (Å²) in [5.41, 5.74) is 2.85. The minimum atomic E-state index is -1.39. The van der Waals surface area contributed by atoms with Crippen molar-refractivity contribution in [3.63, 3.8) is 0 Å². The Balaban J connectivity index is 1.72. The SMILES string of the molecule is COC(=O)C1(OC)CC2OC1(C)n1c3ccccc3c3c4c(c5c6ccccc6n2c5c31)C(=O)NC4. The van der Waals surface area contributed by atoms with Gasteiger partial charge in [-0.1, -0.05) is 36.4 Å². The molecule has 3 unspecified atom stereocenters. The lowest BCUT2D eigenvalue weighted by molar-refractivity contribution is -0.210. The van der Waals surface area contributed by atoms with Crippen molar-refractivity contribution in [3.8, 4) is 0 Å². The third-order valence-electron chi connectivity index (χ3n) is 8.67. The number of hydrogen-bond acceptors (Lipinski definition) is 5. The number of aromatic nitrogens is 2. The average Bonchev–Trinajstić information content (AvgIpc) is 3.60. The number of carbonyl (C=O) groups excluding carboxylic acids is 2. The number of para-hydroxylation sites is 2. The lowest BCUT2D eigenvalue weighted by Crippen LogP contribution is -2.57. The van der Waals surface area contributed by atoms with Crippen LogP contribution in [0, 0.1) is 0 Å². The Morgan fingerprint density at radius 1 is 1.03 bits per heavy atom. The fourth-order valence-electron chi connectivity index (χ4n) is 7.23. The summed E-state index contributed by atoms with van der Waals surface area (Å²) in [7, 11) is 2.92. The summed E-state index contributed by atoms with van der Waals surface area (Å²) in [5.74, 6) is -0.538. The number of nitrogens with zero attached hydrogens (tertiary/aromatic N) is 2. The summed E-state index contributed by atoms with van der Waals surface area (Å²) in [5, 5.41) is 6.98. The first kappa shape index (κ1) is 20.3. The molecule has 1 saturated heterocycles. The van der Waals surface area contributed by atoms with Gasteiger partial charge < -0.3 is 28.7 Å². The van der Waals surface area contributed by atoms with Crippen molar-refractivity contribution < 1.29 is 23.8 Å². The molecule has 0 spiro atoms. The number of methoxy groups -OCH3 is 2. The molecule has 5 aromatic rings. The average molecular weight is 482 g/mol. The first-order valence-corrected chi connectivity index (χ1v) is 12.1. The van der Waals surface area contributed by atoms with Gasteiger partial charge in [0, 0.05) is 41.6 Å². The molecule has 8 nitrogen and oxygen atoms in total. The smallest absolute Gasteiger partial charge is 0.343 e. The number of benzene rings is 3. The molecule has 0 radical (unpaired) electrons. The molecule has 0 aliphatic carbocycles. The van der Waals surface area contributed by atoms with Crippen molar-refractivity contribution in [3.05, 3.63) is 59.7 Å². The number of rotatable bonds is 2. The molecule has 3 atom stereocenters. The molecular weight excluding hydrogens is 458 g/mol. The minimum absolute atomic E-state index is 0.0611. The van der Waals surface area contributed by atoms with E-state index in [0.29, 0.717) is 6.54 Å². The van der Waals surface area contributed by atoms with Crippen LogP contribution in [0.25, 0.3) is 43.6 Å². The standard InChI is InChI=1S/C28H23N3O5/c1-27-28(35-3,26(33)34-2)12-19(36-27)30-17-10-6-4-8-14(17)21-22-16(13-29-25(22)32)20-15-9-5-7-11-18(15)31(27)24(20)23(21)30/h4-11,19H,12-13H2,1-3H3,(H,29,32). The van der Waals surface area contributed by atoms with Crippen molar-refractivity contribution >= 4 is 55.5 Å². The van der Waals surface area contributed by atoms with Gasteiger partial charge in [0.25, 0.3) is 5.91 Å². The van der Waals surface area contributed by atoms with Gasteiger partial charge in [-0.2, -0.15) is 0 Å². The van der Waals surface area contributed by atoms with Crippen LogP contribution < -0.4 is 5.32 Å². The van der Waals surface area contributed by atoms with Crippen molar-refractivity contribution in [1.82, 2.24) is 14.5 Å². The first-order valence-electron chi connectivity index (χ1n) is 12.1. The second-order valence-corrected chi connectivity index (χ2v) is 10.0. The van der Waals surface area contributed by atoms with Gasteiger partial charge in [0.05, 0.1) is 34.7 Å². The van der Waals surface area contributed by atoms with Crippen LogP contribution in [0.5, 0.6) is 0 Å². The molecule has 5 heterocycles. The van der Waals surface area contributed by atoms with Crippen LogP contribution in [-0.4, -0.2) is 40.8 Å². The molecule has 3 aliphatic heterocycles. The van der Waals surface area contributed by atoms with Crippen molar-refractivity contribution in [1.29, 1.82) is 0 Å². The monoisotopic (exact) mass is 481 g/mol. The minimum Gasteiger partial charge on any atom is -0.467 e. The zero-order chi connectivity index (χ0) is 24.6. The van der Waals surface area contributed by atoms with Crippen molar-refractivity contribution in [2.24, 2.45) is 0 Å². The van der Waals surface area contributed by atoms with E-state index in [9.17, 15) is 9.59 Å². The van der Waals surface area contributed by atoms with E-state index in [4.69, 9.17) is 14.2 Å². The lowest BCUT2D eigenvalue weighted by Gasteiger charge is -2.40. The van der Waals surface area contributed by atoms with Gasteiger partial charge in [-0.15, -0.1) is 0 Å². The Kier molecular flexibility index (Phi) is 3.54. The molecule has 3 aromatic carbocycles. The van der Waals surface area contributed by atoms with Crippen LogP contribution in [0.2, 0.25) is 0 Å². The molecular formula is C28H23N3O5. The molecule has 3 aliphatic rings. The zero-order valence-electron chi connectivity index (χ0n) is 20.0. The van der Waals surface area contributed by atoms with Crippen LogP contribution >= 0.6 is 0 Å². The molecule has 1 N–H and O–H groups in total. The number of nitrogens with one attached hydrogen (secondary N) is 1. The maximum absolute atomic E-state index is 13.5. The Hall–Kier alpha value is -3.88. The molecule has 0 saturated carbocycles. The van der Waals surface area contributed by atoms with Crippen LogP contribution in [0.15, 0.2) is 48.5 Å². The molecule has 2 aromatic heterocycles. The third-order valence-corrected chi connectivity index (χ3v) is 8.67. The molecule has 2 bridgehead atoms. The maximum atomic E-state index is 13.5. The van der Waals surface area contributed by atoms with E-state index in [2.05, 4.69) is 26.6 Å². The normalized spacial score (nSPS) is 26.3. The number of esters is 1. The molecule has 8 heteroatoms. The predicted molar refractivity (Wildman–Crippen MR) is 134 cm³/mol. The van der Waals surface area contributed by atoms with Crippen LogP contribution in [-0.2, 0) is 31.3 Å². The van der Waals surface area contributed by atoms with Crippen LogP contribution in [0.3, 0.4) is 0 Å². The zero-order valence-corrected chi connectivity index (χ0v) is 20.0. The first-order chi connectivity index (χ1) is 17.5. The van der Waals surface area contributed by atoms with E-state index in [-0.39, 0.29) is 12.3 Å². The number of carbonyl (C=O) groups is 2. The molecule has 8 rings (SSSR count). The summed E-state index contributed by atoms with van der Waals surface area (Å²) in [6.07, 6.45) is -0.252. The third kappa shape index (κ3) is 1.93. The molecule has 1 fully saturated rings. The van der Waals surface area contributed by atoms with Crippen molar-refractivity contribution in [2.45, 2.75) is 37.4 Å². The van der Waals surface area contributed by atoms with Crippen molar-refractivity contribution in [2.75, 3.05) is 14.2 Å². The lowest BCUT2D eigenvalue weighted by atomic mass is 9.88. The van der Waals surface area contributed by atoms with Gasteiger partial charge in [-0.3, -0.25) is 4.79 Å². The van der Waals surface area contributed by atoms with Gasteiger partial charge in [0.1, 0.15) is 6.23 Å².